The van der Waals surface area contributed by atoms with E-state index in [-0.39, 0.29) is 30.7 Å². The molecule has 2 aliphatic heterocycles. The molecule has 13 heteroatoms. The lowest BCUT2D eigenvalue weighted by Crippen LogP contribution is -2.61. The molecule has 12 nitrogen and oxygen atoms in total. The van der Waals surface area contributed by atoms with Crippen molar-refractivity contribution < 1.29 is 37.9 Å². The number of phosphoric acid groups is 1. The minimum atomic E-state index is -4.78. The summed E-state index contributed by atoms with van der Waals surface area (Å²) in [5, 5.41) is 0. The topological polar surface area (TPSA) is 149 Å². The summed E-state index contributed by atoms with van der Waals surface area (Å²) in [6, 6.07) is 1.16. The Bertz CT molecular complexity index is 792. The average Bonchev–Trinajstić information content (AvgIpc) is 2.57. The number of amides is 1. The van der Waals surface area contributed by atoms with Crippen LogP contribution in [0.2, 0.25) is 0 Å². The highest BCUT2D eigenvalue weighted by Gasteiger charge is 2.39. The lowest BCUT2D eigenvalue weighted by molar-refractivity contribution is -0.0769. The zero-order chi connectivity index (χ0) is 18.9. The van der Waals surface area contributed by atoms with Crippen LogP contribution in [0.3, 0.4) is 0 Å². The van der Waals surface area contributed by atoms with Crippen LogP contribution in [0, 0.1) is 0 Å². The number of ether oxygens (including phenoxy) is 3. The number of nitrogens with zero attached hydrogens (tertiary/aromatic N) is 2. The second kappa shape index (κ2) is 7.35. The highest BCUT2D eigenvalue weighted by molar-refractivity contribution is 7.46. The summed E-state index contributed by atoms with van der Waals surface area (Å²) in [5.41, 5.74) is 2.29. The number of carbonyl (C=O) groups is 1. The van der Waals surface area contributed by atoms with E-state index in [1.807, 2.05) is 0 Å². The van der Waals surface area contributed by atoms with E-state index in [0.717, 1.165) is 6.07 Å². The van der Waals surface area contributed by atoms with Crippen LogP contribution in [0.4, 0.5) is 0 Å². The van der Waals surface area contributed by atoms with E-state index in [1.54, 1.807) is 0 Å². The van der Waals surface area contributed by atoms with Crippen LogP contribution in [-0.4, -0.2) is 71.2 Å². The molecule has 1 fully saturated rings. The van der Waals surface area contributed by atoms with Gasteiger partial charge in [-0.2, -0.15) is 0 Å². The Labute approximate surface area is 147 Å². The van der Waals surface area contributed by atoms with Crippen molar-refractivity contribution in [1.29, 1.82) is 0 Å². The lowest BCUT2D eigenvalue weighted by atomic mass is 10.2. The molecule has 3 N–H and O–H groups in total. The van der Waals surface area contributed by atoms with Crippen LogP contribution in [0.15, 0.2) is 17.1 Å². The number of carbonyl (C=O) groups excluding carboxylic acids is 1. The van der Waals surface area contributed by atoms with Crippen LogP contribution in [0.25, 0.3) is 0 Å². The molecule has 2 aliphatic rings. The average molecular weight is 391 g/mol. The van der Waals surface area contributed by atoms with Gasteiger partial charge in [0, 0.05) is 19.4 Å². The molecule has 1 amide bonds. The predicted molar refractivity (Wildman–Crippen MR) is 85.1 cm³/mol. The van der Waals surface area contributed by atoms with Gasteiger partial charge in [-0.1, -0.05) is 0 Å². The van der Waals surface area contributed by atoms with Crippen molar-refractivity contribution in [2.24, 2.45) is 0 Å². The highest BCUT2D eigenvalue weighted by Crippen LogP contribution is 2.35. The summed E-state index contributed by atoms with van der Waals surface area (Å²) in [6.45, 7) is -0.116. The largest absolute Gasteiger partial charge is 0.472 e. The number of nitrogens with one attached hydrogen (secondary N) is 1. The van der Waals surface area contributed by atoms with Gasteiger partial charge < -0.3 is 34.3 Å². The molecule has 1 unspecified atom stereocenters. The molecule has 0 aromatic carbocycles. The quantitative estimate of drug-likeness (QED) is 0.393. The Morgan fingerprint density at radius 3 is 2.88 bits per heavy atom. The van der Waals surface area contributed by atoms with Crippen LogP contribution in [0.5, 0.6) is 5.75 Å². The first-order chi connectivity index (χ1) is 12.3. The number of methoxy groups -OCH3 is 1. The molecule has 3 rings (SSSR count). The van der Waals surface area contributed by atoms with Gasteiger partial charge in [-0.3, -0.25) is 14.3 Å². The summed E-state index contributed by atoms with van der Waals surface area (Å²) in [7, 11) is -3.25. The number of fused-ring (bicyclic) bond motifs is 2. The summed E-state index contributed by atoms with van der Waals surface area (Å²) in [6.07, 6.45) is 0.612. The predicted octanol–water partition coefficient (Wildman–Crippen LogP) is -1.34. The fraction of sp³-hybridized carbons (Fsp3) is 0.538. The van der Waals surface area contributed by atoms with Crippen molar-refractivity contribution in [3.8, 4) is 5.75 Å². The minimum absolute atomic E-state index is 0.0962. The van der Waals surface area contributed by atoms with Gasteiger partial charge in [0.15, 0.2) is 5.69 Å². The van der Waals surface area contributed by atoms with Crippen molar-refractivity contribution in [2.75, 3.05) is 39.1 Å². The van der Waals surface area contributed by atoms with E-state index in [1.165, 1.54) is 22.9 Å². The molecule has 1 aromatic heterocycles. The third-order valence-electron chi connectivity index (χ3n) is 3.85. The standard InChI is InChI=1S/C13H18N3O9P/c1-22-5-8-4-15-10(6-23-8)14-16-3-2-9(17)12(11(16)13(15)18)24-7-25-26(19,20)21/h2-3,8,10,14H,4-7H2,1H3,(H2,19,20,21)/t8?,10-/m0/s1. The van der Waals surface area contributed by atoms with E-state index in [4.69, 9.17) is 24.0 Å². The van der Waals surface area contributed by atoms with Crippen LogP contribution < -0.4 is 15.6 Å². The van der Waals surface area contributed by atoms with Gasteiger partial charge >= 0.3 is 7.82 Å². The monoisotopic (exact) mass is 391 g/mol. The molecule has 0 radical (unpaired) electrons. The summed E-state index contributed by atoms with van der Waals surface area (Å²) < 4.78 is 31.9. The van der Waals surface area contributed by atoms with Crippen molar-refractivity contribution in [3.05, 3.63) is 28.2 Å². The maximum Gasteiger partial charge on any atom is 0.472 e. The van der Waals surface area contributed by atoms with Crippen molar-refractivity contribution >= 4 is 13.7 Å². The van der Waals surface area contributed by atoms with Gasteiger partial charge in [-0.05, 0) is 0 Å². The molecule has 1 saturated heterocycles. The number of pyridine rings is 1. The zero-order valence-corrected chi connectivity index (χ0v) is 14.6. The van der Waals surface area contributed by atoms with Crippen molar-refractivity contribution in [3.63, 3.8) is 0 Å². The van der Waals surface area contributed by atoms with Gasteiger partial charge in [0.2, 0.25) is 18.0 Å². The maximum absolute atomic E-state index is 12.9. The second-order valence-corrected chi connectivity index (χ2v) is 6.86. The first-order valence-corrected chi connectivity index (χ1v) is 9.10. The number of rotatable bonds is 6. The summed E-state index contributed by atoms with van der Waals surface area (Å²) in [5.74, 6) is -0.853. The Kier molecular flexibility index (Phi) is 5.32. The van der Waals surface area contributed by atoms with Gasteiger partial charge in [0.05, 0.1) is 25.9 Å². The first kappa shape index (κ1) is 18.8. The number of phosphoric ester groups is 1. The molecule has 0 bridgehead atoms. The fourth-order valence-corrected chi connectivity index (χ4v) is 2.94. The summed E-state index contributed by atoms with van der Waals surface area (Å²) in [4.78, 5) is 43.9. The summed E-state index contributed by atoms with van der Waals surface area (Å²) >= 11 is 0. The van der Waals surface area contributed by atoms with Gasteiger partial charge in [0.1, 0.15) is 6.17 Å². The van der Waals surface area contributed by atoms with E-state index < -0.39 is 32.1 Å². The number of aromatic nitrogens is 1. The molecule has 0 saturated carbocycles. The van der Waals surface area contributed by atoms with E-state index in [0.29, 0.717) is 6.61 Å². The third kappa shape index (κ3) is 3.90. The Balaban J connectivity index is 1.86. The van der Waals surface area contributed by atoms with Gasteiger partial charge in [-0.15, -0.1) is 0 Å². The van der Waals surface area contributed by atoms with Gasteiger partial charge in [-0.25, -0.2) is 9.09 Å². The second-order valence-electron chi connectivity index (χ2n) is 5.62. The fourth-order valence-electron chi connectivity index (χ4n) is 2.75. The minimum Gasteiger partial charge on any atom is -0.460 e. The zero-order valence-electron chi connectivity index (χ0n) is 13.7. The molecule has 3 heterocycles. The van der Waals surface area contributed by atoms with Crippen LogP contribution in [0.1, 0.15) is 10.5 Å². The smallest absolute Gasteiger partial charge is 0.460 e. The van der Waals surface area contributed by atoms with Crippen molar-refractivity contribution in [2.45, 2.75) is 12.3 Å². The Morgan fingerprint density at radius 1 is 1.42 bits per heavy atom. The SMILES string of the molecule is COCC1CN2C(=O)c3c(OCOP(=O)(O)O)c(=O)ccn3N[C@@H]2CO1. The number of hydrogen-bond donors (Lipinski definition) is 3. The highest BCUT2D eigenvalue weighted by atomic mass is 31.2. The van der Waals surface area contributed by atoms with E-state index >= 15 is 0 Å². The van der Waals surface area contributed by atoms with Crippen LogP contribution >= 0.6 is 7.82 Å². The number of hydrogen-bond acceptors (Lipinski definition) is 8. The van der Waals surface area contributed by atoms with Crippen LogP contribution in [-0.2, 0) is 18.6 Å². The molecule has 144 valence electrons. The van der Waals surface area contributed by atoms with E-state index in [9.17, 15) is 14.2 Å². The maximum atomic E-state index is 12.9. The molecule has 0 aliphatic carbocycles. The Hall–Kier alpha value is -1.95. The molecular formula is C13H18N3O9P. The van der Waals surface area contributed by atoms with Crippen molar-refractivity contribution in [1.82, 2.24) is 9.58 Å². The normalized spacial score (nSPS) is 22.4. The molecule has 2 atom stereocenters. The van der Waals surface area contributed by atoms with Gasteiger partial charge in [0.25, 0.3) is 5.91 Å². The molecule has 0 spiro atoms. The Morgan fingerprint density at radius 2 is 2.19 bits per heavy atom. The first-order valence-electron chi connectivity index (χ1n) is 7.57. The lowest BCUT2D eigenvalue weighted by Gasteiger charge is -2.43. The molecular weight excluding hydrogens is 373 g/mol. The molecule has 1 aromatic rings. The number of morpholine rings is 1. The third-order valence-corrected chi connectivity index (χ3v) is 4.29. The molecule has 26 heavy (non-hydrogen) atoms. The van der Waals surface area contributed by atoms with E-state index in [2.05, 4.69) is 9.95 Å².